The Morgan fingerprint density at radius 1 is 1.25 bits per heavy atom. The molecule has 0 aliphatic rings. The van der Waals surface area contributed by atoms with Crippen LogP contribution >= 0.6 is 46.1 Å². The number of rotatable bonds is 5. The first-order valence-corrected chi connectivity index (χ1v) is 8.08. The highest BCUT2D eigenvalue weighted by atomic mass is 35.5. The van der Waals surface area contributed by atoms with E-state index in [1.54, 1.807) is 6.07 Å². The fourth-order valence-electron chi connectivity index (χ4n) is 2.05. The Labute approximate surface area is 136 Å². The van der Waals surface area contributed by atoms with Gasteiger partial charge < -0.3 is 5.32 Å². The maximum Gasteiger partial charge on any atom is 0.126 e. The number of nitrogens with one attached hydrogen (secondary N) is 1. The van der Waals surface area contributed by atoms with Crippen LogP contribution in [0, 0.1) is 5.82 Å². The third-order valence-electron chi connectivity index (χ3n) is 2.94. The number of hydrogen-bond acceptors (Lipinski definition) is 2. The largest absolute Gasteiger partial charge is 0.310 e. The Morgan fingerprint density at radius 3 is 2.60 bits per heavy atom. The molecule has 0 aliphatic carbocycles. The van der Waals surface area contributed by atoms with Gasteiger partial charge in [0.05, 0.1) is 8.67 Å². The number of hydrogen-bond donors (Lipinski definition) is 1. The molecule has 108 valence electrons. The zero-order chi connectivity index (χ0) is 14.7. The second kappa shape index (κ2) is 7.10. The molecule has 0 bridgehead atoms. The summed E-state index contributed by atoms with van der Waals surface area (Å²) in [5.74, 6) is -0.269. The zero-order valence-corrected chi connectivity index (χ0v) is 13.8. The van der Waals surface area contributed by atoms with Gasteiger partial charge in [0.15, 0.2) is 0 Å². The molecule has 0 saturated carbocycles. The first kappa shape index (κ1) is 16.1. The van der Waals surface area contributed by atoms with E-state index in [0.29, 0.717) is 25.7 Å². The van der Waals surface area contributed by atoms with E-state index >= 15 is 0 Å². The molecule has 6 heteroatoms. The van der Waals surface area contributed by atoms with Crippen molar-refractivity contribution in [2.24, 2.45) is 0 Å². The van der Waals surface area contributed by atoms with Gasteiger partial charge in [-0.3, -0.25) is 0 Å². The highest BCUT2D eigenvalue weighted by Crippen LogP contribution is 2.36. The standard InChI is InChI=1S/C14H13Cl3FNS/c1-2-19-12(10-7-13(16)20-14(10)17)6-8-5-9(15)3-4-11(8)18/h3-5,7,12,19H,2,6H2,1H3. The Bertz CT molecular complexity index is 600. The maximum absolute atomic E-state index is 13.8. The summed E-state index contributed by atoms with van der Waals surface area (Å²) in [5.41, 5.74) is 1.45. The van der Waals surface area contributed by atoms with Gasteiger partial charge in [0.2, 0.25) is 0 Å². The minimum atomic E-state index is -0.269. The van der Waals surface area contributed by atoms with Crippen LogP contribution in [0.2, 0.25) is 13.7 Å². The lowest BCUT2D eigenvalue weighted by molar-refractivity contribution is 0.529. The van der Waals surface area contributed by atoms with Gasteiger partial charge in [-0.2, -0.15) is 0 Å². The Balaban J connectivity index is 2.30. The smallest absolute Gasteiger partial charge is 0.126 e. The molecule has 2 rings (SSSR count). The third-order valence-corrected chi connectivity index (χ3v) is 4.69. The van der Waals surface area contributed by atoms with Gasteiger partial charge in [-0.15, -0.1) is 11.3 Å². The van der Waals surface area contributed by atoms with E-state index in [1.165, 1.54) is 23.5 Å². The summed E-state index contributed by atoms with van der Waals surface area (Å²) in [6.07, 6.45) is 0.465. The Morgan fingerprint density at radius 2 is 2.00 bits per heavy atom. The molecule has 1 nitrogen and oxygen atoms in total. The molecule has 0 amide bonds. The summed E-state index contributed by atoms with van der Waals surface area (Å²) in [5, 5.41) is 3.82. The van der Waals surface area contributed by atoms with E-state index in [2.05, 4.69) is 5.32 Å². The van der Waals surface area contributed by atoms with Crippen LogP contribution in [0.4, 0.5) is 4.39 Å². The van der Waals surface area contributed by atoms with Crippen molar-refractivity contribution in [1.82, 2.24) is 5.32 Å². The van der Waals surface area contributed by atoms with Crippen LogP contribution in [0.3, 0.4) is 0 Å². The topological polar surface area (TPSA) is 12.0 Å². The number of thiophene rings is 1. The van der Waals surface area contributed by atoms with Gasteiger partial charge in [-0.05, 0) is 42.8 Å². The predicted octanol–water partition coefficient (Wildman–Crippen LogP) is 5.74. The van der Waals surface area contributed by atoms with E-state index in [1.807, 2.05) is 13.0 Å². The van der Waals surface area contributed by atoms with E-state index in [-0.39, 0.29) is 11.9 Å². The van der Waals surface area contributed by atoms with Gasteiger partial charge in [-0.25, -0.2) is 4.39 Å². The van der Waals surface area contributed by atoms with E-state index in [9.17, 15) is 4.39 Å². The van der Waals surface area contributed by atoms with Crippen LogP contribution in [0.15, 0.2) is 24.3 Å². The fourth-order valence-corrected chi connectivity index (χ4v) is 3.82. The summed E-state index contributed by atoms with van der Waals surface area (Å²) in [6.45, 7) is 2.74. The molecule has 0 saturated heterocycles. The third kappa shape index (κ3) is 3.86. The zero-order valence-electron chi connectivity index (χ0n) is 10.7. The molecule has 1 atom stereocenters. The lowest BCUT2D eigenvalue weighted by atomic mass is 10.0. The molecule has 0 spiro atoms. The first-order chi connectivity index (χ1) is 9.51. The van der Waals surface area contributed by atoms with Crippen molar-refractivity contribution in [3.63, 3.8) is 0 Å². The molecule has 0 fully saturated rings. The van der Waals surface area contributed by atoms with Gasteiger partial charge in [0.1, 0.15) is 5.82 Å². The summed E-state index contributed by atoms with van der Waals surface area (Å²) >= 11 is 19.4. The van der Waals surface area contributed by atoms with Crippen molar-refractivity contribution in [3.05, 3.63) is 54.9 Å². The molecule has 2 aromatic rings. The van der Waals surface area contributed by atoms with Crippen LogP contribution in [0.1, 0.15) is 24.1 Å². The van der Waals surface area contributed by atoms with Crippen LogP contribution < -0.4 is 5.32 Å². The average Bonchev–Trinajstić information content (AvgIpc) is 2.72. The second-order valence-corrected chi connectivity index (χ2v) is 7.05. The van der Waals surface area contributed by atoms with E-state index < -0.39 is 0 Å². The first-order valence-electron chi connectivity index (χ1n) is 6.13. The van der Waals surface area contributed by atoms with Crippen molar-refractivity contribution >= 4 is 46.1 Å². The SMILES string of the molecule is CCNC(Cc1cc(Cl)ccc1F)c1cc(Cl)sc1Cl. The quantitative estimate of drug-likeness (QED) is 0.723. The highest BCUT2D eigenvalue weighted by Gasteiger charge is 2.19. The number of benzene rings is 1. The van der Waals surface area contributed by atoms with Crippen molar-refractivity contribution in [2.75, 3.05) is 6.54 Å². The van der Waals surface area contributed by atoms with Gasteiger partial charge in [0.25, 0.3) is 0 Å². The van der Waals surface area contributed by atoms with E-state index in [0.717, 1.165) is 12.1 Å². The maximum atomic E-state index is 13.8. The second-order valence-electron chi connectivity index (χ2n) is 4.33. The summed E-state index contributed by atoms with van der Waals surface area (Å²) in [6, 6.07) is 6.29. The van der Waals surface area contributed by atoms with E-state index in [4.69, 9.17) is 34.8 Å². The molecule has 1 heterocycles. The van der Waals surface area contributed by atoms with Crippen LogP contribution in [-0.4, -0.2) is 6.54 Å². The average molecular weight is 353 g/mol. The van der Waals surface area contributed by atoms with Gasteiger partial charge >= 0.3 is 0 Å². The lowest BCUT2D eigenvalue weighted by Crippen LogP contribution is -2.23. The molecule has 20 heavy (non-hydrogen) atoms. The van der Waals surface area contributed by atoms with Gasteiger partial charge in [0, 0.05) is 16.6 Å². The summed E-state index contributed by atoms with van der Waals surface area (Å²) < 4.78 is 15.1. The minimum absolute atomic E-state index is 0.0933. The normalized spacial score (nSPS) is 12.7. The summed E-state index contributed by atoms with van der Waals surface area (Å²) in [4.78, 5) is 0. The van der Waals surface area contributed by atoms with Gasteiger partial charge in [-0.1, -0.05) is 41.7 Å². The molecule has 1 unspecified atom stereocenters. The van der Waals surface area contributed by atoms with Crippen LogP contribution in [0.5, 0.6) is 0 Å². The predicted molar refractivity (Wildman–Crippen MR) is 85.9 cm³/mol. The lowest BCUT2D eigenvalue weighted by Gasteiger charge is -2.18. The van der Waals surface area contributed by atoms with Crippen LogP contribution in [0.25, 0.3) is 0 Å². The molecular formula is C14H13Cl3FNS. The van der Waals surface area contributed by atoms with Crippen molar-refractivity contribution in [1.29, 1.82) is 0 Å². The molecule has 0 aliphatic heterocycles. The minimum Gasteiger partial charge on any atom is -0.310 e. The summed E-state index contributed by atoms with van der Waals surface area (Å²) in [7, 11) is 0. The van der Waals surface area contributed by atoms with Crippen LogP contribution in [-0.2, 0) is 6.42 Å². The van der Waals surface area contributed by atoms with Crippen molar-refractivity contribution < 1.29 is 4.39 Å². The van der Waals surface area contributed by atoms with Crippen molar-refractivity contribution in [3.8, 4) is 0 Å². The Hall–Kier alpha value is -0.320. The fraction of sp³-hybridized carbons (Fsp3) is 0.286. The van der Waals surface area contributed by atoms with Crippen molar-refractivity contribution in [2.45, 2.75) is 19.4 Å². The molecule has 1 aromatic heterocycles. The monoisotopic (exact) mass is 351 g/mol. The highest BCUT2D eigenvalue weighted by molar-refractivity contribution is 7.20. The molecule has 1 aromatic carbocycles. The molecule has 1 N–H and O–H groups in total. The number of halogens is 4. The Kier molecular flexibility index (Phi) is 5.70. The number of likely N-dealkylation sites (N-methyl/N-ethyl adjacent to an activating group) is 1. The molecule has 0 radical (unpaired) electrons. The molecular weight excluding hydrogens is 340 g/mol.